The average molecular weight is 258 g/mol. The quantitative estimate of drug-likeness (QED) is 0.870. The molecule has 2 N–H and O–H groups in total. The number of aryl methyl sites for hydroxylation is 2. The van der Waals surface area contributed by atoms with Gasteiger partial charge in [0.1, 0.15) is 0 Å². The minimum atomic E-state index is 0.0256. The second-order valence-corrected chi connectivity index (χ2v) is 5.68. The van der Waals surface area contributed by atoms with Crippen LogP contribution in [0.4, 0.5) is 0 Å². The van der Waals surface area contributed by atoms with E-state index < -0.39 is 0 Å². The number of amides is 1. The van der Waals surface area contributed by atoms with Crippen LogP contribution < -0.4 is 10.6 Å². The number of nitrogens with one attached hydrogen (secondary N) is 2. The third-order valence-corrected chi connectivity index (χ3v) is 4.26. The van der Waals surface area contributed by atoms with Crippen molar-refractivity contribution in [3.05, 3.63) is 34.9 Å². The van der Waals surface area contributed by atoms with Crippen molar-refractivity contribution in [2.75, 3.05) is 6.54 Å². The van der Waals surface area contributed by atoms with Crippen molar-refractivity contribution >= 4 is 5.91 Å². The van der Waals surface area contributed by atoms with Crippen molar-refractivity contribution < 1.29 is 4.79 Å². The van der Waals surface area contributed by atoms with E-state index in [1.54, 1.807) is 0 Å². The summed E-state index contributed by atoms with van der Waals surface area (Å²) in [7, 11) is 0. The van der Waals surface area contributed by atoms with Crippen LogP contribution >= 0.6 is 0 Å². The number of fused-ring (bicyclic) bond motifs is 1. The molecule has 1 aliphatic heterocycles. The zero-order valence-corrected chi connectivity index (χ0v) is 11.4. The Labute approximate surface area is 114 Å². The lowest BCUT2D eigenvalue weighted by atomic mass is 9.90. The Morgan fingerprint density at radius 3 is 2.84 bits per heavy atom. The fraction of sp³-hybridized carbons (Fsp3) is 0.562. The molecule has 2 aliphatic rings. The third kappa shape index (κ3) is 2.98. The second kappa shape index (κ2) is 5.74. The van der Waals surface area contributed by atoms with Gasteiger partial charge in [-0.1, -0.05) is 18.2 Å². The molecule has 1 saturated heterocycles. The first kappa shape index (κ1) is 12.7. The molecule has 3 heteroatoms. The zero-order valence-electron chi connectivity index (χ0n) is 11.4. The fourth-order valence-electron chi connectivity index (χ4n) is 3.12. The van der Waals surface area contributed by atoms with Gasteiger partial charge in [0, 0.05) is 6.54 Å². The van der Waals surface area contributed by atoms with Crippen LogP contribution in [-0.2, 0) is 24.2 Å². The lowest BCUT2D eigenvalue weighted by Gasteiger charge is -2.17. The van der Waals surface area contributed by atoms with Crippen molar-refractivity contribution in [2.24, 2.45) is 0 Å². The van der Waals surface area contributed by atoms with Crippen LogP contribution in [0.15, 0.2) is 18.2 Å². The van der Waals surface area contributed by atoms with Crippen LogP contribution in [0.1, 0.15) is 42.4 Å². The first-order valence-corrected chi connectivity index (χ1v) is 7.45. The van der Waals surface area contributed by atoms with Crippen LogP contribution in [-0.4, -0.2) is 18.5 Å². The van der Waals surface area contributed by atoms with E-state index in [0.717, 1.165) is 19.4 Å². The summed E-state index contributed by atoms with van der Waals surface area (Å²) in [4.78, 5) is 11.9. The molecule has 1 atom stereocenters. The molecule has 102 valence electrons. The first-order valence-electron chi connectivity index (χ1n) is 7.45. The van der Waals surface area contributed by atoms with E-state index in [-0.39, 0.29) is 11.9 Å². The summed E-state index contributed by atoms with van der Waals surface area (Å²) in [5.41, 5.74) is 4.21. The second-order valence-electron chi connectivity index (χ2n) is 5.68. The van der Waals surface area contributed by atoms with E-state index in [1.165, 1.54) is 42.4 Å². The molecular weight excluding hydrogens is 236 g/mol. The first-order chi connectivity index (χ1) is 9.33. The molecule has 0 aromatic heterocycles. The van der Waals surface area contributed by atoms with Gasteiger partial charge < -0.3 is 10.6 Å². The Kier molecular flexibility index (Phi) is 3.83. The van der Waals surface area contributed by atoms with E-state index in [4.69, 9.17) is 0 Å². The van der Waals surface area contributed by atoms with E-state index >= 15 is 0 Å². The summed E-state index contributed by atoms with van der Waals surface area (Å²) in [6, 6.07) is 6.70. The molecule has 1 aromatic carbocycles. The van der Waals surface area contributed by atoms with Crippen LogP contribution in [0.25, 0.3) is 0 Å². The highest BCUT2D eigenvalue weighted by atomic mass is 16.2. The van der Waals surface area contributed by atoms with Crippen molar-refractivity contribution in [1.82, 2.24) is 10.6 Å². The Balaban J connectivity index is 1.59. The molecule has 19 heavy (non-hydrogen) atoms. The topological polar surface area (TPSA) is 41.1 Å². The summed E-state index contributed by atoms with van der Waals surface area (Å²) in [6.45, 7) is 1.63. The smallest absolute Gasteiger partial charge is 0.237 e. The number of hydrogen-bond acceptors (Lipinski definition) is 2. The van der Waals surface area contributed by atoms with Gasteiger partial charge >= 0.3 is 0 Å². The maximum Gasteiger partial charge on any atom is 0.237 e. The minimum absolute atomic E-state index is 0.0256. The third-order valence-electron chi connectivity index (χ3n) is 4.26. The molecule has 1 heterocycles. The van der Waals surface area contributed by atoms with Crippen LogP contribution in [0.2, 0.25) is 0 Å². The number of carbonyl (C=O) groups excluding carboxylic acids is 1. The fourth-order valence-corrected chi connectivity index (χ4v) is 3.12. The van der Waals surface area contributed by atoms with Gasteiger partial charge in [-0.15, -0.1) is 0 Å². The lowest BCUT2D eigenvalue weighted by molar-refractivity contribution is -0.122. The highest BCUT2D eigenvalue weighted by molar-refractivity contribution is 5.81. The standard InChI is InChI=1S/C16H22N2O/c19-16(15-6-3-9-17-15)18-11-12-7-8-13-4-1-2-5-14(13)10-12/h7-8,10,15,17H,1-6,9,11H2,(H,18,19). The maximum atomic E-state index is 11.9. The predicted octanol–water partition coefficient (Wildman–Crippen LogP) is 1.93. The molecule has 0 saturated carbocycles. The van der Waals surface area contributed by atoms with Crippen molar-refractivity contribution in [1.29, 1.82) is 0 Å². The molecule has 0 spiro atoms. The van der Waals surface area contributed by atoms with Gasteiger partial charge in [-0.2, -0.15) is 0 Å². The lowest BCUT2D eigenvalue weighted by Crippen LogP contribution is -2.40. The average Bonchev–Trinajstić information content (AvgIpc) is 2.99. The molecule has 1 aliphatic carbocycles. The zero-order chi connectivity index (χ0) is 13.1. The Hall–Kier alpha value is -1.35. The molecule has 3 nitrogen and oxygen atoms in total. The Morgan fingerprint density at radius 2 is 2.05 bits per heavy atom. The van der Waals surface area contributed by atoms with E-state index in [0.29, 0.717) is 6.54 Å². The highest BCUT2D eigenvalue weighted by Crippen LogP contribution is 2.22. The van der Waals surface area contributed by atoms with Crippen molar-refractivity contribution in [3.63, 3.8) is 0 Å². The van der Waals surface area contributed by atoms with Gasteiger partial charge in [0.05, 0.1) is 6.04 Å². The SMILES string of the molecule is O=C(NCc1ccc2c(c1)CCCC2)C1CCCN1. The normalized spacial score (nSPS) is 22.0. The number of rotatable bonds is 3. The molecule has 1 amide bonds. The van der Waals surface area contributed by atoms with Gasteiger partial charge in [0.2, 0.25) is 5.91 Å². The van der Waals surface area contributed by atoms with E-state index in [1.807, 2.05) is 0 Å². The van der Waals surface area contributed by atoms with Crippen LogP contribution in [0, 0.1) is 0 Å². The largest absolute Gasteiger partial charge is 0.351 e. The van der Waals surface area contributed by atoms with Crippen LogP contribution in [0.3, 0.4) is 0 Å². The summed E-state index contributed by atoms with van der Waals surface area (Å²) in [5, 5.41) is 6.28. The number of hydrogen-bond donors (Lipinski definition) is 2. The summed E-state index contributed by atoms with van der Waals surface area (Å²) in [5.74, 6) is 0.148. The molecular formula is C16H22N2O. The Morgan fingerprint density at radius 1 is 1.21 bits per heavy atom. The van der Waals surface area contributed by atoms with Gasteiger partial charge in [0.25, 0.3) is 0 Å². The highest BCUT2D eigenvalue weighted by Gasteiger charge is 2.21. The van der Waals surface area contributed by atoms with Gasteiger partial charge in [-0.3, -0.25) is 4.79 Å². The van der Waals surface area contributed by atoms with Crippen LogP contribution in [0.5, 0.6) is 0 Å². The molecule has 0 radical (unpaired) electrons. The minimum Gasteiger partial charge on any atom is -0.351 e. The van der Waals surface area contributed by atoms with Gasteiger partial charge in [0.15, 0.2) is 0 Å². The number of carbonyl (C=O) groups is 1. The van der Waals surface area contributed by atoms with Gasteiger partial charge in [-0.05, 0) is 61.8 Å². The van der Waals surface area contributed by atoms with Gasteiger partial charge in [-0.25, -0.2) is 0 Å². The van der Waals surface area contributed by atoms with Crippen molar-refractivity contribution in [3.8, 4) is 0 Å². The van der Waals surface area contributed by atoms with Crippen molar-refractivity contribution in [2.45, 2.75) is 51.1 Å². The molecule has 1 fully saturated rings. The molecule has 1 unspecified atom stereocenters. The predicted molar refractivity (Wildman–Crippen MR) is 76.0 cm³/mol. The molecule has 1 aromatic rings. The number of benzene rings is 1. The summed E-state index contributed by atoms with van der Waals surface area (Å²) >= 11 is 0. The molecule has 3 rings (SSSR count). The molecule has 0 bridgehead atoms. The van der Waals surface area contributed by atoms with E-state index in [9.17, 15) is 4.79 Å². The summed E-state index contributed by atoms with van der Waals surface area (Å²) in [6.07, 6.45) is 7.10. The maximum absolute atomic E-state index is 11.9. The summed E-state index contributed by atoms with van der Waals surface area (Å²) < 4.78 is 0. The monoisotopic (exact) mass is 258 g/mol. The van der Waals surface area contributed by atoms with E-state index in [2.05, 4.69) is 28.8 Å². The Bertz CT molecular complexity index is 464.